The highest BCUT2D eigenvalue weighted by atomic mass is 16.5. The fourth-order valence-electron chi connectivity index (χ4n) is 3.50. The zero-order valence-corrected chi connectivity index (χ0v) is 15.4. The summed E-state index contributed by atoms with van der Waals surface area (Å²) in [6.45, 7) is 2.33. The molecular weight excluding hydrogens is 334 g/mol. The number of nitrogens with one attached hydrogen (secondary N) is 2. The van der Waals surface area contributed by atoms with E-state index in [2.05, 4.69) is 15.6 Å². The van der Waals surface area contributed by atoms with Gasteiger partial charge in [0.25, 0.3) is 0 Å². The number of carbonyl (C=O) groups is 2. The summed E-state index contributed by atoms with van der Waals surface area (Å²) >= 11 is 0. The van der Waals surface area contributed by atoms with Crippen LogP contribution in [-0.2, 0) is 11.3 Å². The minimum atomic E-state index is -0.218. The lowest BCUT2D eigenvalue weighted by Gasteiger charge is -2.38. The molecule has 26 heavy (non-hydrogen) atoms. The second-order valence-electron chi connectivity index (χ2n) is 7.25. The second kappa shape index (κ2) is 7.90. The van der Waals surface area contributed by atoms with Gasteiger partial charge in [0.05, 0.1) is 18.2 Å². The van der Waals surface area contributed by atoms with Crippen molar-refractivity contribution < 1.29 is 14.3 Å². The molecule has 0 bridgehead atoms. The van der Waals surface area contributed by atoms with Crippen LogP contribution >= 0.6 is 0 Å². The van der Waals surface area contributed by atoms with Crippen LogP contribution < -0.4 is 10.6 Å². The summed E-state index contributed by atoms with van der Waals surface area (Å²) in [5, 5.41) is 5.92. The summed E-state index contributed by atoms with van der Waals surface area (Å²) in [5.74, 6) is 0. The molecule has 2 fully saturated rings. The van der Waals surface area contributed by atoms with Crippen LogP contribution in [0.3, 0.4) is 0 Å². The number of pyridine rings is 1. The van der Waals surface area contributed by atoms with Gasteiger partial charge in [-0.25, -0.2) is 9.59 Å². The van der Waals surface area contributed by atoms with E-state index in [0.717, 1.165) is 24.8 Å². The van der Waals surface area contributed by atoms with Crippen molar-refractivity contribution in [2.75, 3.05) is 33.8 Å². The van der Waals surface area contributed by atoms with E-state index >= 15 is 0 Å². The molecule has 8 nitrogen and oxygen atoms in total. The molecule has 2 saturated heterocycles. The lowest BCUT2D eigenvalue weighted by atomic mass is 9.87. The van der Waals surface area contributed by atoms with Crippen molar-refractivity contribution in [2.45, 2.75) is 37.5 Å². The first-order valence-corrected chi connectivity index (χ1v) is 9.01. The van der Waals surface area contributed by atoms with Gasteiger partial charge in [-0.15, -0.1) is 0 Å². The molecule has 0 radical (unpaired) electrons. The molecule has 2 aliphatic heterocycles. The molecule has 3 rings (SSSR count). The third-order valence-corrected chi connectivity index (χ3v) is 5.07. The van der Waals surface area contributed by atoms with Crippen molar-refractivity contribution in [3.63, 3.8) is 0 Å². The smallest absolute Gasteiger partial charge is 0.317 e. The molecular formula is C18H27N5O3. The van der Waals surface area contributed by atoms with Gasteiger partial charge in [0.15, 0.2) is 0 Å². The Morgan fingerprint density at radius 1 is 1.38 bits per heavy atom. The lowest BCUT2D eigenvalue weighted by Crippen LogP contribution is -2.50. The third-order valence-electron chi connectivity index (χ3n) is 5.07. The molecule has 8 heteroatoms. The average Bonchev–Trinajstić information content (AvgIpc) is 3.03. The van der Waals surface area contributed by atoms with Gasteiger partial charge < -0.3 is 25.2 Å². The van der Waals surface area contributed by atoms with Gasteiger partial charge >= 0.3 is 12.1 Å². The highest BCUT2D eigenvalue weighted by Crippen LogP contribution is 2.36. The van der Waals surface area contributed by atoms with Gasteiger partial charge in [-0.2, -0.15) is 0 Å². The number of carbonyl (C=O) groups excluding carboxylic acids is 2. The van der Waals surface area contributed by atoms with E-state index in [0.29, 0.717) is 26.2 Å². The van der Waals surface area contributed by atoms with Crippen molar-refractivity contribution in [1.82, 2.24) is 25.4 Å². The number of ether oxygens (including phenoxy) is 1. The Bertz CT molecular complexity index is 629. The first kappa shape index (κ1) is 18.4. The van der Waals surface area contributed by atoms with Crippen LogP contribution in [0.1, 0.15) is 24.8 Å². The number of piperidine rings is 1. The van der Waals surface area contributed by atoms with E-state index in [1.54, 1.807) is 26.5 Å². The van der Waals surface area contributed by atoms with Gasteiger partial charge in [0, 0.05) is 46.1 Å². The van der Waals surface area contributed by atoms with Crippen LogP contribution in [0.4, 0.5) is 9.59 Å². The van der Waals surface area contributed by atoms with Crippen LogP contribution in [0.15, 0.2) is 24.5 Å². The Morgan fingerprint density at radius 3 is 2.81 bits per heavy atom. The summed E-state index contributed by atoms with van der Waals surface area (Å²) in [6.07, 6.45) is 5.85. The highest BCUT2D eigenvalue weighted by Gasteiger charge is 2.43. The summed E-state index contributed by atoms with van der Waals surface area (Å²) in [6, 6.07) is 3.68. The zero-order chi connectivity index (χ0) is 18.6. The van der Waals surface area contributed by atoms with E-state index in [4.69, 9.17) is 4.74 Å². The van der Waals surface area contributed by atoms with Crippen LogP contribution in [0.2, 0.25) is 0 Å². The summed E-state index contributed by atoms with van der Waals surface area (Å²) in [5.41, 5.74) is 0.762. The standard InChI is InChI=1S/C18H27N5O3/c1-22(2)17(25)21-15-10-18(26-13-15)5-8-23(9-6-18)16(24)20-12-14-4-3-7-19-11-14/h3-4,7,11,15H,5-6,8-10,12-13H2,1-2H3,(H,20,24)(H,21,25)/t15-/m0/s1. The minimum Gasteiger partial charge on any atom is -0.373 e. The highest BCUT2D eigenvalue weighted by molar-refractivity contribution is 5.74. The van der Waals surface area contributed by atoms with Crippen LogP contribution in [0, 0.1) is 0 Å². The Labute approximate surface area is 153 Å². The molecule has 4 amide bonds. The third kappa shape index (κ3) is 4.43. The van der Waals surface area contributed by atoms with Gasteiger partial charge in [-0.3, -0.25) is 4.98 Å². The molecule has 0 saturated carbocycles. The number of nitrogens with zero attached hydrogens (tertiary/aromatic N) is 3. The first-order chi connectivity index (χ1) is 12.5. The molecule has 0 aliphatic carbocycles. The fraction of sp³-hybridized carbons (Fsp3) is 0.611. The maximum absolute atomic E-state index is 12.4. The molecule has 2 aliphatic rings. The lowest BCUT2D eigenvalue weighted by molar-refractivity contribution is -0.0363. The SMILES string of the molecule is CN(C)C(=O)N[C@@H]1COC2(CCN(C(=O)NCc3cccnc3)CC2)C1. The van der Waals surface area contributed by atoms with Crippen molar-refractivity contribution >= 4 is 12.1 Å². The number of likely N-dealkylation sites (tertiary alicyclic amines) is 1. The molecule has 0 unspecified atom stereocenters. The van der Waals surface area contributed by atoms with Gasteiger partial charge in [0.2, 0.25) is 0 Å². The molecule has 142 valence electrons. The molecule has 1 aromatic rings. The summed E-state index contributed by atoms with van der Waals surface area (Å²) < 4.78 is 6.03. The van der Waals surface area contributed by atoms with Gasteiger partial charge in [-0.1, -0.05) is 6.07 Å². The maximum Gasteiger partial charge on any atom is 0.317 e. The van der Waals surface area contributed by atoms with E-state index in [9.17, 15) is 9.59 Å². The molecule has 3 heterocycles. The maximum atomic E-state index is 12.4. The summed E-state index contributed by atoms with van der Waals surface area (Å²) in [7, 11) is 3.45. The van der Waals surface area contributed by atoms with Crippen molar-refractivity contribution in [2.24, 2.45) is 0 Å². The Balaban J connectivity index is 1.44. The molecule has 1 atom stereocenters. The quantitative estimate of drug-likeness (QED) is 0.847. The van der Waals surface area contributed by atoms with Gasteiger partial charge in [0.1, 0.15) is 0 Å². The molecule has 1 spiro atoms. The van der Waals surface area contributed by atoms with E-state index in [1.807, 2.05) is 17.0 Å². The molecule has 0 aromatic carbocycles. The predicted octanol–water partition coefficient (Wildman–Crippen LogP) is 1.19. The van der Waals surface area contributed by atoms with Gasteiger partial charge in [-0.05, 0) is 30.9 Å². The van der Waals surface area contributed by atoms with Crippen LogP contribution in [0.25, 0.3) is 0 Å². The largest absolute Gasteiger partial charge is 0.373 e. The average molecular weight is 361 g/mol. The Hall–Kier alpha value is -2.35. The Kier molecular flexibility index (Phi) is 5.61. The second-order valence-corrected chi connectivity index (χ2v) is 7.25. The normalized spacial score (nSPS) is 21.5. The van der Waals surface area contributed by atoms with Crippen molar-refractivity contribution in [1.29, 1.82) is 0 Å². The molecule has 1 aromatic heterocycles. The first-order valence-electron chi connectivity index (χ1n) is 9.01. The monoisotopic (exact) mass is 361 g/mol. The number of rotatable bonds is 3. The van der Waals surface area contributed by atoms with Crippen LogP contribution in [-0.4, -0.2) is 72.3 Å². The van der Waals surface area contributed by atoms with Crippen LogP contribution in [0.5, 0.6) is 0 Å². The van der Waals surface area contributed by atoms with E-state index in [-0.39, 0.29) is 23.7 Å². The van der Waals surface area contributed by atoms with Crippen molar-refractivity contribution in [3.8, 4) is 0 Å². The van der Waals surface area contributed by atoms with E-state index in [1.165, 1.54) is 4.90 Å². The minimum absolute atomic E-state index is 0.0378. The van der Waals surface area contributed by atoms with E-state index < -0.39 is 0 Å². The topological polar surface area (TPSA) is 86.8 Å². The number of urea groups is 2. The predicted molar refractivity (Wildman–Crippen MR) is 96.6 cm³/mol. The zero-order valence-electron chi connectivity index (χ0n) is 15.4. The number of amides is 4. The summed E-state index contributed by atoms with van der Waals surface area (Å²) in [4.78, 5) is 31.5. The molecule has 2 N–H and O–H groups in total. The number of hydrogen-bond acceptors (Lipinski definition) is 4. The number of hydrogen-bond donors (Lipinski definition) is 2. The van der Waals surface area contributed by atoms with Crippen molar-refractivity contribution in [3.05, 3.63) is 30.1 Å². The Morgan fingerprint density at radius 2 is 2.15 bits per heavy atom. The number of aromatic nitrogens is 1. The fourth-order valence-corrected chi connectivity index (χ4v) is 3.50.